The van der Waals surface area contributed by atoms with Gasteiger partial charge in [-0.15, -0.1) is 0 Å². The molecule has 1 aromatic rings. The van der Waals surface area contributed by atoms with Crippen LogP contribution in [0.4, 0.5) is 0 Å². The van der Waals surface area contributed by atoms with Crippen molar-refractivity contribution in [1.29, 1.82) is 0 Å². The smallest absolute Gasteiger partial charge is 0.340 e. The predicted molar refractivity (Wildman–Crippen MR) is 111 cm³/mol. The monoisotopic (exact) mass is 433 g/mol. The van der Waals surface area contributed by atoms with E-state index in [1.165, 1.54) is 7.11 Å². The lowest BCUT2D eigenvalue weighted by Gasteiger charge is -2.32. The van der Waals surface area contributed by atoms with Crippen LogP contribution < -0.4 is 15.2 Å². The fraction of sp³-hybridized carbons (Fsp3) is 0.364. The molecule has 1 aliphatic heterocycles. The molecular weight excluding hydrogens is 410 g/mol. The summed E-state index contributed by atoms with van der Waals surface area (Å²) >= 11 is 6.50. The maximum atomic E-state index is 12.8. The number of allylic oxidation sites excluding steroid dienone is 2. The highest BCUT2D eigenvalue weighted by atomic mass is 35.5. The van der Waals surface area contributed by atoms with Crippen LogP contribution in [-0.2, 0) is 19.1 Å². The third kappa shape index (κ3) is 4.03. The van der Waals surface area contributed by atoms with Gasteiger partial charge in [0.25, 0.3) is 0 Å². The molecule has 1 heterocycles. The molecule has 3 rings (SSSR count). The third-order valence-electron chi connectivity index (χ3n) is 4.90. The fourth-order valence-electron chi connectivity index (χ4n) is 3.70. The van der Waals surface area contributed by atoms with Gasteiger partial charge < -0.3 is 24.7 Å². The van der Waals surface area contributed by atoms with Crippen LogP contribution in [0.1, 0.15) is 37.7 Å². The molecule has 0 saturated heterocycles. The van der Waals surface area contributed by atoms with Crippen molar-refractivity contribution in [3.63, 3.8) is 0 Å². The Morgan fingerprint density at radius 1 is 1.37 bits per heavy atom. The van der Waals surface area contributed by atoms with E-state index in [9.17, 15) is 9.59 Å². The van der Waals surface area contributed by atoms with Crippen molar-refractivity contribution in [3.8, 4) is 11.5 Å². The molecule has 0 fully saturated rings. The molecule has 1 aromatic carbocycles. The molecule has 0 aromatic heterocycles. The lowest BCUT2D eigenvalue weighted by atomic mass is 9.77. The number of hydrogen-bond donors (Lipinski definition) is 1. The fourth-order valence-corrected chi connectivity index (χ4v) is 3.97. The summed E-state index contributed by atoms with van der Waals surface area (Å²) in [7, 11) is 1.25. The Hall–Kier alpha value is -2.93. The van der Waals surface area contributed by atoms with Crippen molar-refractivity contribution in [2.75, 3.05) is 20.3 Å². The minimum Gasteiger partial charge on any atom is -0.490 e. The third-order valence-corrected chi connectivity index (χ3v) is 5.18. The van der Waals surface area contributed by atoms with E-state index in [0.29, 0.717) is 54.3 Å². The van der Waals surface area contributed by atoms with Crippen LogP contribution >= 0.6 is 11.6 Å². The summed E-state index contributed by atoms with van der Waals surface area (Å²) in [5.41, 5.74) is 7.09. The molecule has 1 atom stereocenters. The van der Waals surface area contributed by atoms with Crippen molar-refractivity contribution >= 4 is 23.4 Å². The molecule has 30 heavy (non-hydrogen) atoms. The molecule has 160 valence electrons. The highest BCUT2D eigenvalue weighted by Gasteiger charge is 2.41. The van der Waals surface area contributed by atoms with E-state index in [4.69, 9.17) is 36.3 Å². The summed E-state index contributed by atoms with van der Waals surface area (Å²) in [6.07, 6.45) is 3.17. The zero-order valence-corrected chi connectivity index (χ0v) is 17.7. The first-order valence-corrected chi connectivity index (χ1v) is 10.0. The van der Waals surface area contributed by atoms with Crippen LogP contribution in [0.3, 0.4) is 0 Å². The van der Waals surface area contributed by atoms with Gasteiger partial charge in [0.05, 0.1) is 24.7 Å². The zero-order chi connectivity index (χ0) is 21.8. The first kappa shape index (κ1) is 21.8. The SMILES string of the molecule is C=CCOc1c(Cl)cc([C@H]2C(C(=O)OC)=C(N)OC3=C2C(=O)CCC3)cc1OCC. The van der Waals surface area contributed by atoms with Crippen molar-refractivity contribution in [1.82, 2.24) is 0 Å². The molecule has 1 aliphatic carbocycles. The predicted octanol–water partition coefficient (Wildman–Crippen LogP) is 3.77. The van der Waals surface area contributed by atoms with E-state index in [0.717, 1.165) is 0 Å². The first-order chi connectivity index (χ1) is 14.4. The number of carbonyl (C=O) groups is 2. The second kappa shape index (κ2) is 9.26. The van der Waals surface area contributed by atoms with E-state index < -0.39 is 11.9 Å². The van der Waals surface area contributed by atoms with Crippen molar-refractivity contribution in [2.45, 2.75) is 32.1 Å². The Morgan fingerprint density at radius 2 is 2.13 bits per heavy atom. The van der Waals surface area contributed by atoms with Gasteiger partial charge in [-0.1, -0.05) is 24.3 Å². The number of Topliss-reactive ketones (excluding diaryl/α,β-unsaturated/α-hetero) is 1. The van der Waals surface area contributed by atoms with Gasteiger partial charge in [0.2, 0.25) is 5.88 Å². The zero-order valence-electron chi connectivity index (χ0n) is 17.0. The number of methoxy groups -OCH3 is 1. The highest BCUT2D eigenvalue weighted by Crippen LogP contribution is 2.47. The van der Waals surface area contributed by atoms with Gasteiger partial charge in [-0.2, -0.15) is 0 Å². The molecule has 0 unspecified atom stereocenters. The maximum Gasteiger partial charge on any atom is 0.340 e. The number of hydrogen-bond acceptors (Lipinski definition) is 7. The number of esters is 1. The average molecular weight is 434 g/mol. The van der Waals surface area contributed by atoms with Gasteiger partial charge in [0, 0.05) is 18.4 Å². The standard InChI is InChI=1S/C22H24ClNO6/c1-4-9-29-20-13(23)10-12(11-16(20)28-5-2)17-18-14(25)7-6-8-15(18)30-21(24)19(17)22(26)27-3/h4,10-11,17H,1,5-9,24H2,2-3H3/t17-/m1/s1. The van der Waals surface area contributed by atoms with Crippen LogP contribution in [0, 0.1) is 0 Å². The van der Waals surface area contributed by atoms with Crippen molar-refractivity contribution < 1.29 is 28.5 Å². The molecule has 8 heteroatoms. The van der Waals surface area contributed by atoms with E-state index in [1.807, 2.05) is 6.92 Å². The van der Waals surface area contributed by atoms with E-state index >= 15 is 0 Å². The van der Waals surface area contributed by atoms with Gasteiger partial charge in [-0.05, 0) is 31.0 Å². The highest BCUT2D eigenvalue weighted by molar-refractivity contribution is 6.32. The van der Waals surface area contributed by atoms with Crippen LogP contribution in [0.15, 0.2) is 47.6 Å². The Balaban J connectivity index is 2.21. The first-order valence-electron chi connectivity index (χ1n) is 9.64. The minimum atomic E-state index is -0.779. The summed E-state index contributed by atoms with van der Waals surface area (Å²) in [6, 6.07) is 3.34. The molecule has 0 spiro atoms. The van der Waals surface area contributed by atoms with Crippen LogP contribution in [-0.4, -0.2) is 32.1 Å². The number of rotatable bonds is 7. The van der Waals surface area contributed by atoms with E-state index in [-0.39, 0.29) is 28.9 Å². The van der Waals surface area contributed by atoms with E-state index in [1.54, 1.807) is 18.2 Å². The molecule has 7 nitrogen and oxygen atoms in total. The Morgan fingerprint density at radius 3 is 2.80 bits per heavy atom. The van der Waals surface area contributed by atoms with Crippen molar-refractivity contribution in [2.24, 2.45) is 5.73 Å². The molecular formula is C22H24ClNO6. The molecule has 0 bridgehead atoms. The molecule has 0 saturated carbocycles. The lowest BCUT2D eigenvalue weighted by Crippen LogP contribution is -2.31. The normalized spacial score (nSPS) is 18.5. The van der Waals surface area contributed by atoms with Gasteiger partial charge in [-0.25, -0.2) is 4.79 Å². The van der Waals surface area contributed by atoms with Gasteiger partial charge in [0.1, 0.15) is 17.9 Å². The second-order valence-electron chi connectivity index (χ2n) is 6.78. The number of halogens is 1. The summed E-state index contributed by atoms with van der Waals surface area (Å²) in [4.78, 5) is 25.4. The minimum absolute atomic E-state index is 0.0600. The van der Waals surface area contributed by atoms with Crippen LogP contribution in [0.2, 0.25) is 5.02 Å². The lowest BCUT2D eigenvalue weighted by molar-refractivity contribution is -0.136. The number of carbonyl (C=O) groups excluding carboxylic acids is 2. The van der Waals surface area contributed by atoms with Gasteiger partial charge in [-0.3, -0.25) is 4.79 Å². The number of ketones is 1. The van der Waals surface area contributed by atoms with Crippen LogP contribution in [0.5, 0.6) is 11.5 Å². The van der Waals surface area contributed by atoms with E-state index in [2.05, 4.69) is 6.58 Å². The molecule has 0 radical (unpaired) electrons. The van der Waals surface area contributed by atoms with Gasteiger partial charge in [0.15, 0.2) is 17.3 Å². The van der Waals surface area contributed by atoms with Crippen LogP contribution in [0.25, 0.3) is 0 Å². The Kier molecular flexibility index (Phi) is 6.72. The summed E-state index contributed by atoms with van der Waals surface area (Å²) in [5, 5.41) is 0.275. The molecule has 2 N–H and O–H groups in total. The largest absolute Gasteiger partial charge is 0.490 e. The number of nitrogens with two attached hydrogens (primary N) is 1. The summed E-state index contributed by atoms with van der Waals surface area (Å²) < 4.78 is 21.9. The Labute approximate surface area is 180 Å². The number of benzene rings is 1. The number of ether oxygens (including phenoxy) is 4. The summed E-state index contributed by atoms with van der Waals surface area (Å²) in [6.45, 7) is 6.07. The summed E-state index contributed by atoms with van der Waals surface area (Å²) in [5.74, 6) is -0.417. The maximum absolute atomic E-state index is 12.8. The van der Waals surface area contributed by atoms with Crippen molar-refractivity contribution in [3.05, 3.63) is 58.2 Å². The Bertz CT molecular complexity index is 949. The molecule has 2 aliphatic rings. The average Bonchev–Trinajstić information content (AvgIpc) is 2.72. The van der Waals surface area contributed by atoms with Gasteiger partial charge >= 0.3 is 5.97 Å². The molecule has 0 amide bonds. The quantitative estimate of drug-likeness (QED) is 0.516. The topological polar surface area (TPSA) is 97.1 Å². The second-order valence-corrected chi connectivity index (χ2v) is 7.19.